The first-order valence-electron chi connectivity index (χ1n) is 13.8. The van der Waals surface area contributed by atoms with Crippen LogP contribution in [0.5, 0.6) is 11.5 Å². The van der Waals surface area contributed by atoms with E-state index in [2.05, 4.69) is 0 Å². The highest BCUT2D eigenvalue weighted by molar-refractivity contribution is 5.79. The Morgan fingerprint density at radius 2 is 1.33 bits per heavy atom. The molecule has 2 N–H and O–H groups in total. The van der Waals surface area contributed by atoms with Crippen molar-refractivity contribution in [3.8, 4) is 11.5 Å². The first-order chi connectivity index (χ1) is 18.4. The Morgan fingerprint density at radius 3 is 1.87 bits per heavy atom. The lowest BCUT2D eigenvalue weighted by Crippen LogP contribution is -2.37. The summed E-state index contributed by atoms with van der Waals surface area (Å²) in [6, 6.07) is 3.66. The second-order valence-corrected chi connectivity index (χ2v) is 9.96. The molecule has 220 valence electrons. The lowest BCUT2D eigenvalue weighted by atomic mass is 10.0. The minimum Gasteiger partial charge on any atom is -0.458 e. The number of carbonyl (C=O) groups excluding carboxylic acids is 4. The fourth-order valence-electron chi connectivity index (χ4n) is 3.49. The Labute approximate surface area is 231 Å². The van der Waals surface area contributed by atoms with Gasteiger partial charge in [0.2, 0.25) is 0 Å². The van der Waals surface area contributed by atoms with Crippen LogP contribution in [0.3, 0.4) is 0 Å². The Balaban J connectivity index is 2.91. The number of benzene rings is 1. The molecule has 0 radical (unpaired) electrons. The summed E-state index contributed by atoms with van der Waals surface area (Å²) in [5.41, 5.74) is 6.64. The standard InChI is InChI=1S/C29H45NO9/c1-8-11-18(4)26(31)38-24-14-13-22(16-25(24)39-27(32)19(5)12-9-2)15-23(30)28(33)36-21(7)17-35-29(34)37-20(6)10-3/h13-14,16,18-21,23H,8-12,15,17,30H2,1-7H3/t18?,19?,20?,21-,23-/m0/s1. The third kappa shape index (κ3) is 12.5. The van der Waals surface area contributed by atoms with Gasteiger partial charge < -0.3 is 29.4 Å². The van der Waals surface area contributed by atoms with E-state index >= 15 is 0 Å². The molecule has 0 aliphatic carbocycles. The lowest BCUT2D eigenvalue weighted by Gasteiger charge is -2.19. The molecule has 0 saturated heterocycles. The van der Waals surface area contributed by atoms with Gasteiger partial charge in [0.1, 0.15) is 24.9 Å². The van der Waals surface area contributed by atoms with Gasteiger partial charge >= 0.3 is 24.1 Å². The highest BCUT2D eigenvalue weighted by atomic mass is 16.7. The molecular formula is C29H45NO9. The molecule has 1 rings (SSSR count). The van der Waals surface area contributed by atoms with Crippen LogP contribution >= 0.6 is 0 Å². The van der Waals surface area contributed by atoms with E-state index in [-0.39, 0.29) is 42.5 Å². The molecular weight excluding hydrogens is 506 g/mol. The van der Waals surface area contributed by atoms with Crippen LogP contribution in [0.2, 0.25) is 0 Å². The molecule has 0 heterocycles. The Bertz CT molecular complexity index is 949. The van der Waals surface area contributed by atoms with Crippen molar-refractivity contribution < 1.29 is 42.9 Å². The quantitative estimate of drug-likeness (QED) is 0.217. The number of nitrogens with two attached hydrogens (primary N) is 1. The van der Waals surface area contributed by atoms with Crippen LogP contribution in [0.25, 0.3) is 0 Å². The van der Waals surface area contributed by atoms with Gasteiger partial charge in [0.05, 0.1) is 11.8 Å². The first-order valence-corrected chi connectivity index (χ1v) is 13.8. The van der Waals surface area contributed by atoms with Crippen molar-refractivity contribution in [3.05, 3.63) is 23.8 Å². The van der Waals surface area contributed by atoms with E-state index < -0.39 is 36.2 Å². The number of hydrogen-bond donors (Lipinski definition) is 1. The van der Waals surface area contributed by atoms with Crippen LogP contribution in [-0.2, 0) is 35.0 Å². The molecule has 0 spiro atoms. The van der Waals surface area contributed by atoms with Crippen molar-refractivity contribution in [1.82, 2.24) is 0 Å². The Morgan fingerprint density at radius 1 is 0.769 bits per heavy atom. The molecule has 0 aliphatic rings. The van der Waals surface area contributed by atoms with Crippen LogP contribution in [0.1, 0.15) is 86.1 Å². The van der Waals surface area contributed by atoms with Gasteiger partial charge in [0.25, 0.3) is 0 Å². The lowest BCUT2D eigenvalue weighted by molar-refractivity contribution is -0.152. The molecule has 0 amide bonds. The maximum Gasteiger partial charge on any atom is 0.508 e. The summed E-state index contributed by atoms with van der Waals surface area (Å²) >= 11 is 0. The smallest absolute Gasteiger partial charge is 0.458 e. The van der Waals surface area contributed by atoms with Gasteiger partial charge in [-0.05, 0) is 57.2 Å². The molecule has 0 saturated carbocycles. The zero-order valence-corrected chi connectivity index (χ0v) is 24.3. The fourth-order valence-corrected chi connectivity index (χ4v) is 3.49. The second-order valence-electron chi connectivity index (χ2n) is 9.96. The average Bonchev–Trinajstić information content (AvgIpc) is 2.88. The zero-order valence-electron chi connectivity index (χ0n) is 24.3. The molecule has 10 nitrogen and oxygen atoms in total. The van der Waals surface area contributed by atoms with E-state index in [1.165, 1.54) is 12.1 Å². The SMILES string of the molecule is CCCC(C)C(=O)Oc1ccc(C[C@H](N)C(=O)O[C@@H](C)COC(=O)OC(C)CC)cc1OC(=O)C(C)CCC. The fraction of sp³-hybridized carbons (Fsp3) is 0.655. The number of rotatable bonds is 16. The van der Waals surface area contributed by atoms with Gasteiger partial charge in [0, 0.05) is 0 Å². The highest BCUT2D eigenvalue weighted by Gasteiger charge is 2.24. The van der Waals surface area contributed by atoms with Crippen molar-refractivity contribution in [2.75, 3.05) is 6.61 Å². The van der Waals surface area contributed by atoms with Crippen molar-refractivity contribution in [2.45, 2.75) is 105 Å². The predicted molar refractivity (Wildman–Crippen MR) is 145 cm³/mol. The molecule has 3 unspecified atom stereocenters. The van der Waals surface area contributed by atoms with Crippen LogP contribution in [-0.4, -0.2) is 48.9 Å². The summed E-state index contributed by atoms with van der Waals surface area (Å²) in [6.07, 6.45) is 1.81. The van der Waals surface area contributed by atoms with Gasteiger partial charge in [-0.2, -0.15) is 0 Å². The molecule has 0 aliphatic heterocycles. The number of esters is 3. The maximum atomic E-state index is 12.6. The second kappa shape index (κ2) is 17.4. The summed E-state index contributed by atoms with van der Waals surface area (Å²) in [5.74, 6) is -2.02. The van der Waals surface area contributed by atoms with Crippen molar-refractivity contribution >= 4 is 24.1 Å². The molecule has 10 heteroatoms. The van der Waals surface area contributed by atoms with E-state index in [1.807, 2.05) is 20.8 Å². The average molecular weight is 552 g/mol. The van der Waals surface area contributed by atoms with Crippen molar-refractivity contribution in [2.24, 2.45) is 17.6 Å². The summed E-state index contributed by atoms with van der Waals surface area (Å²) in [5, 5.41) is 0. The topological polar surface area (TPSA) is 140 Å². The molecule has 0 aromatic heterocycles. The summed E-state index contributed by atoms with van der Waals surface area (Å²) in [7, 11) is 0. The normalized spacial score (nSPS) is 14.8. The van der Waals surface area contributed by atoms with Crippen LogP contribution in [0.4, 0.5) is 4.79 Å². The number of carbonyl (C=O) groups is 4. The molecule has 0 bridgehead atoms. The van der Waals surface area contributed by atoms with Gasteiger partial charge in [-0.3, -0.25) is 14.4 Å². The largest absolute Gasteiger partial charge is 0.508 e. The maximum absolute atomic E-state index is 12.6. The van der Waals surface area contributed by atoms with Gasteiger partial charge in [0.15, 0.2) is 11.5 Å². The van der Waals surface area contributed by atoms with Gasteiger partial charge in [-0.25, -0.2) is 4.79 Å². The summed E-state index contributed by atoms with van der Waals surface area (Å²) in [4.78, 5) is 49.3. The summed E-state index contributed by atoms with van der Waals surface area (Å²) < 4.78 is 26.4. The number of ether oxygens (including phenoxy) is 5. The van der Waals surface area contributed by atoms with Gasteiger partial charge in [-0.1, -0.05) is 53.5 Å². The highest BCUT2D eigenvalue weighted by Crippen LogP contribution is 2.31. The zero-order chi connectivity index (χ0) is 29.5. The molecule has 1 aromatic carbocycles. The van der Waals surface area contributed by atoms with E-state index in [0.717, 1.165) is 12.8 Å². The molecule has 39 heavy (non-hydrogen) atoms. The van der Waals surface area contributed by atoms with Crippen LogP contribution in [0.15, 0.2) is 18.2 Å². The van der Waals surface area contributed by atoms with Crippen LogP contribution in [0, 0.1) is 11.8 Å². The minimum absolute atomic E-state index is 0.0675. The minimum atomic E-state index is -1.04. The van der Waals surface area contributed by atoms with Crippen molar-refractivity contribution in [3.63, 3.8) is 0 Å². The molecule has 1 aromatic rings. The third-order valence-corrected chi connectivity index (χ3v) is 6.06. The Hall–Kier alpha value is -3.14. The first kappa shape index (κ1) is 33.9. The molecule has 0 fully saturated rings. The van der Waals surface area contributed by atoms with Crippen LogP contribution < -0.4 is 15.2 Å². The van der Waals surface area contributed by atoms with E-state index in [0.29, 0.717) is 24.8 Å². The number of hydrogen-bond acceptors (Lipinski definition) is 10. The van der Waals surface area contributed by atoms with E-state index in [1.54, 1.807) is 33.8 Å². The van der Waals surface area contributed by atoms with Gasteiger partial charge in [-0.15, -0.1) is 0 Å². The Kier molecular flexibility index (Phi) is 15.2. The molecule has 5 atom stereocenters. The van der Waals surface area contributed by atoms with Crippen molar-refractivity contribution in [1.29, 1.82) is 0 Å². The van der Waals surface area contributed by atoms with E-state index in [4.69, 9.17) is 29.4 Å². The predicted octanol–water partition coefficient (Wildman–Crippen LogP) is 5.12. The summed E-state index contributed by atoms with van der Waals surface area (Å²) in [6.45, 7) is 12.5. The monoisotopic (exact) mass is 551 g/mol. The third-order valence-electron chi connectivity index (χ3n) is 6.06. The van der Waals surface area contributed by atoms with E-state index in [9.17, 15) is 19.2 Å².